The lowest BCUT2D eigenvalue weighted by molar-refractivity contribution is 0.462. The summed E-state index contributed by atoms with van der Waals surface area (Å²) in [7, 11) is 0. The van der Waals surface area contributed by atoms with Crippen molar-refractivity contribution in [1.29, 1.82) is 0 Å². The highest BCUT2D eigenvalue weighted by Crippen LogP contribution is 2.29. The summed E-state index contributed by atoms with van der Waals surface area (Å²) in [5.41, 5.74) is 0.711. The van der Waals surface area contributed by atoms with Crippen molar-refractivity contribution in [1.82, 2.24) is 9.97 Å². The largest absolute Gasteiger partial charge is 0.367 e. The molecule has 0 unspecified atom stereocenters. The van der Waals surface area contributed by atoms with E-state index in [1.54, 1.807) is 0 Å². The summed E-state index contributed by atoms with van der Waals surface area (Å²) in [6.07, 6.45) is 6.24. The molecule has 0 spiro atoms. The average molecular weight is 296 g/mol. The van der Waals surface area contributed by atoms with Gasteiger partial charge >= 0.3 is 0 Å². The zero-order valence-corrected chi connectivity index (χ0v) is 12.0. The molecule has 3 rings (SSSR count). The summed E-state index contributed by atoms with van der Waals surface area (Å²) < 4.78 is 0. The van der Waals surface area contributed by atoms with Crippen LogP contribution in [-0.2, 0) is 0 Å². The number of para-hydroxylation sites is 1. The van der Waals surface area contributed by atoms with Gasteiger partial charge in [0.1, 0.15) is 5.82 Å². The Kier molecular flexibility index (Phi) is 3.76. The van der Waals surface area contributed by atoms with Crippen LogP contribution in [0.25, 0.3) is 10.9 Å². The molecule has 1 aromatic heterocycles. The molecule has 0 radical (unpaired) electrons. The molecule has 3 nitrogen and oxygen atoms in total. The Morgan fingerprint density at radius 2 is 1.84 bits per heavy atom. The van der Waals surface area contributed by atoms with Gasteiger partial charge in [-0.3, -0.25) is 0 Å². The van der Waals surface area contributed by atoms with Crippen molar-refractivity contribution in [3.05, 3.63) is 28.5 Å². The Balaban J connectivity index is 1.99. The Morgan fingerprint density at radius 3 is 2.63 bits per heavy atom. The predicted molar refractivity (Wildman–Crippen MR) is 80.1 cm³/mol. The molecule has 1 saturated carbocycles. The first-order chi connectivity index (χ1) is 9.24. The number of nitrogens with one attached hydrogen (secondary N) is 1. The normalized spacial score (nSPS) is 16.7. The summed E-state index contributed by atoms with van der Waals surface area (Å²) in [4.78, 5) is 8.53. The van der Waals surface area contributed by atoms with Crippen molar-refractivity contribution >= 4 is 39.9 Å². The van der Waals surface area contributed by atoms with E-state index in [1.807, 2.05) is 18.2 Å². The molecule has 1 aliphatic carbocycles. The van der Waals surface area contributed by atoms with E-state index in [0.29, 0.717) is 16.6 Å². The number of hydrogen-bond donors (Lipinski definition) is 1. The van der Waals surface area contributed by atoms with E-state index in [4.69, 9.17) is 23.2 Å². The minimum atomic E-state index is 0.235. The molecular weight excluding hydrogens is 281 g/mol. The molecule has 5 heteroatoms. The molecule has 0 aliphatic heterocycles. The number of anilines is 1. The number of nitrogens with zero attached hydrogens (tertiary/aromatic N) is 2. The number of aromatic nitrogens is 2. The zero-order chi connectivity index (χ0) is 13.2. The average Bonchev–Trinajstić information content (AvgIpc) is 2.41. The van der Waals surface area contributed by atoms with E-state index in [1.165, 1.54) is 32.1 Å². The third-order valence-corrected chi connectivity index (χ3v) is 4.07. The van der Waals surface area contributed by atoms with Gasteiger partial charge in [-0.25, -0.2) is 9.97 Å². The second kappa shape index (κ2) is 5.51. The van der Waals surface area contributed by atoms with E-state index >= 15 is 0 Å². The van der Waals surface area contributed by atoms with E-state index < -0.39 is 0 Å². The first kappa shape index (κ1) is 12.9. The minimum Gasteiger partial charge on any atom is -0.367 e. The van der Waals surface area contributed by atoms with Crippen LogP contribution in [0.1, 0.15) is 32.1 Å². The van der Waals surface area contributed by atoms with Crippen molar-refractivity contribution in [3.63, 3.8) is 0 Å². The van der Waals surface area contributed by atoms with Gasteiger partial charge in [0.25, 0.3) is 0 Å². The smallest absolute Gasteiger partial charge is 0.224 e. The topological polar surface area (TPSA) is 37.8 Å². The van der Waals surface area contributed by atoms with Crippen molar-refractivity contribution in [2.75, 3.05) is 5.32 Å². The Bertz CT molecular complexity index is 595. The number of benzene rings is 1. The van der Waals surface area contributed by atoms with Crippen molar-refractivity contribution < 1.29 is 0 Å². The highest BCUT2D eigenvalue weighted by atomic mass is 35.5. The molecule has 100 valence electrons. The Labute approximate surface area is 122 Å². The lowest BCUT2D eigenvalue weighted by Crippen LogP contribution is -2.23. The van der Waals surface area contributed by atoms with Gasteiger partial charge in [-0.2, -0.15) is 0 Å². The van der Waals surface area contributed by atoms with Gasteiger partial charge in [-0.1, -0.05) is 36.9 Å². The van der Waals surface area contributed by atoms with Crippen molar-refractivity contribution in [2.45, 2.75) is 38.1 Å². The van der Waals surface area contributed by atoms with Gasteiger partial charge in [0.05, 0.1) is 10.5 Å². The van der Waals surface area contributed by atoms with Gasteiger partial charge in [-0.15, -0.1) is 0 Å². The monoisotopic (exact) mass is 295 g/mol. The number of hydrogen-bond acceptors (Lipinski definition) is 3. The van der Waals surface area contributed by atoms with Crippen LogP contribution in [0.3, 0.4) is 0 Å². The number of halogens is 2. The van der Waals surface area contributed by atoms with Crippen LogP contribution >= 0.6 is 23.2 Å². The van der Waals surface area contributed by atoms with Gasteiger partial charge in [0.15, 0.2) is 0 Å². The predicted octanol–water partition coefficient (Wildman–Crippen LogP) is 4.68. The van der Waals surface area contributed by atoms with Gasteiger partial charge < -0.3 is 5.32 Å². The lowest BCUT2D eigenvalue weighted by Gasteiger charge is -2.23. The summed E-state index contributed by atoms with van der Waals surface area (Å²) in [5.74, 6) is 0.796. The van der Waals surface area contributed by atoms with E-state index in [9.17, 15) is 0 Å². The zero-order valence-electron chi connectivity index (χ0n) is 10.5. The molecule has 2 aromatic rings. The lowest BCUT2D eigenvalue weighted by atomic mass is 9.95. The third-order valence-electron chi connectivity index (χ3n) is 3.60. The van der Waals surface area contributed by atoms with Gasteiger partial charge in [-0.05, 0) is 36.6 Å². The van der Waals surface area contributed by atoms with E-state index in [0.717, 1.165) is 11.2 Å². The first-order valence-electron chi connectivity index (χ1n) is 6.62. The van der Waals surface area contributed by atoms with Crippen molar-refractivity contribution in [3.8, 4) is 0 Å². The molecule has 1 aromatic carbocycles. The summed E-state index contributed by atoms with van der Waals surface area (Å²) in [6, 6.07) is 6.18. The van der Waals surface area contributed by atoms with Crippen LogP contribution in [0.2, 0.25) is 10.3 Å². The summed E-state index contributed by atoms with van der Waals surface area (Å²) in [5, 5.41) is 5.27. The minimum absolute atomic E-state index is 0.235. The Hall–Kier alpha value is -1.06. The van der Waals surface area contributed by atoms with Gasteiger partial charge in [0.2, 0.25) is 5.28 Å². The molecule has 0 atom stereocenters. The van der Waals surface area contributed by atoms with Crippen LogP contribution in [0.4, 0.5) is 5.82 Å². The molecule has 0 bridgehead atoms. The molecule has 19 heavy (non-hydrogen) atoms. The van der Waals surface area contributed by atoms with Crippen LogP contribution in [0.15, 0.2) is 18.2 Å². The SMILES string of the molecule is Clc1nc(NC2CCCCC2)c2cccc(Cl)c2n1. The van der Waals surface area contributed by atoms with Crippen molar-refractivity contribution in [2.24, 2.45) is 0 Å². The second-order valence-electron chi connectivity index (χ2n) is 4.96. The standard InChI is InChI=1S/C14H15Cl2N3/c15-11-8-4-7-10-12(11)18-14(16)19-13(10)17-9-5-2-1-3-6-9/h4,7-9H,1-3,5-6H2,(H,17,18,19). The molecule has 0 amide bonds. The van der Waals surface area contributed by atoms with E-state index in [-0.39, 0.29) is 5.28 Å². The second-order valence-corrected chi connectivity index (χ2v) is 5.70. The number of fused-ring (bicyclic) bond motifs is 1. The molecule has 1 aliphatic rings. The maximum Gasteiger partial charge on any atom is 0.224 e. The van der Waals surface area contributed by atoms with Crippen LogP contribution < -0.4 is 5.32 Å². The molecular formula is C14H15Cl2N3. The van der Waals surface area contributed by atoms with E-state index in [2.05, 4.69) is 15.3 Å². The molecule has 1 N–H and O–H groups in total. The molecule has 1 fully saturated rings. The maximum absolute atomic E-state index is 6.17. The first-order valence-corrected chi connectivity index (χ1v) is 7.38. The van der Waals surface area contributed by atoms with Crippen LogP contribution in [0, 0.1) is 0 Å². The summed E-state index contributed by atoms with van der Waals surface area (Å²) in [6.45, 7) is 0. The van der Waals surface area contributed by atoms with Crippen LogP contribution in [0.5, 0.6) is 0 Å². The van der Waals surface area contributed by atoms with Gasteiger partial charge in [0, 0.05) is 11.4 Å². The highest BCUT2D eigenvalue weighted by Gasteiger charge is 2.16. The third kappa shape index (κ3) is 2.77. The highest BCUT2D eigenvalue weighted by molar-refractivity contribution is 6.36. The maximum atomic E-state index is 6.17. The quantitative estimate of drug-likeness (QED) is 0.817. The summed E-state index contributed by atoms with van der Waals surface area (Å²) >= 11 is 12.2. The van der Waals surface area contributed by atoms with Crippen LogP contribution in [-0.4, -0.2) is 16.0 Å². The fraction of sp³-hybridized carbons (Fsp3) is 0.429. The molecule has 1 heterocycles. The molecule has 0 saturated heterocycles. The fourth-order valence-corrected chi connectivity index (χ4v) is 3.03. The number of rotatable bonds is 2. The Morgan fingerprint density at radius 1 is 1.05 bits per heavy atom. The fourth-order valence-electron chi connectivity index (χ4n) is 2.64.